The van der Waals surface area contributed by atoms with Gasteiger partial charge in [-0.05, 0) is 49.8 Å². The lowest BCUT2D eigenvalue weighted by Gasteiger charge is -2.35. The number of piperazine rings is 1. The lowest BCUT2D eigenvalue weighted by Crippen LogP contribution is -3.28. The van der Waals surface area contributed by atoms with Gasteiger partial charge in [-0.25, -0.2) is 4.68 Å². The molecule has 0 bridgehead atoms. The van der Waals surface area contributed by atoms with Gasteiger partial charge in [-0.1, -0.05) is 13.0 Å². The summed E-state index contributed by atoms with van der Waals surface area (Å²) in [4.78, 5) is 3.12. The molecule has 1 aliphatic rings. The van der Waals surface area contributed by atoms with Crippen LogP contribution in [0.2, 0.25) is 0 Å². The molecule has 0 spiro atoms. The highest BCUT2D eigenvalue weighted by Gasteiger charge is 2.39. The van der Waals surface area contributed by atoms with Gasteiger partial charge in [0.05, 0.1) is 31.9 Å². The van der Waals surface area contributed by atoms with E-state index in [0.717, 1.165) is 55.5 Å². The number of benzene rings is 1. The van der Waals surface area contributed by atoms with Gasteiger partial charge in [0.25, 0.3) is 0 Å². The molecule has 1 atom stereocenters. The predicted octanol–water partition coefficient (Wildman–Crippen LogP) is -0.272. The first kappa shape index (κ1) is 21.5. The maximum Gasteiger partial charge on any atom is 0.214 e. The number of hydrogen-bond donors (Lipinski definition) is 2. The number of para-hydroxylation sites is 1. The second-order valence-corrected chi connectivity index (χ2v) is 8.39. The van der Waals surface area contributed by atoms with Crippen LogP contribution in [0.1, 0.15) is 51.5 Å². The molecule has 8 nitrogen and oxygen atoms in total. The molecule has 1 fully saturated rings. The molecule has 8 heteroatoms. The van der Waals surface area contributed by atoms with Crippen LogP contribution in [0, 0.1) is 0 Å². The minimum absolute atomic E-state index is 0.0146. The number of likely N-dealkylation sites (N-methyl/N-ethyl adjacent to an activating group) is 1. The minimum atomic E-state index is -0.168. The van der Waals surface area contributed by atoms with Gasteiger partial charge < -0.3 is 19.3 Å². The molecule has 0 saturated carbocycles. The van der Waals surface area contributed by atoms with E-state index in [1.807, 2.05) is 16.8 Å². The van der Waals surface area contributed by atoms with E-state index in [-0.39, 0.29) is 11.6 Å². The predicted molar refractivity (Wildman–Crippen MR) is 111 cm³/mol. The number of quaternary nitrogens is 2. The number of rotatable bonds is 8. The van der Waals surface area contributed by atoms with Crippen LogP contribution in [0.25, 0.3) is 0 Å². The maximum atomic E-state index is 5.81. The first-order valence-corrected chi connectivity index (χ1v) is 10.6. The zero-order valence-electron chi connectivity index (χ0n) is 18.7. The Labute approximate surface area is 173 Å². The van der Waals surface area contributed by atoms with Crippen molar-refractivity contribution < 1.29 is 19.3 Å². The van der Waals surface area contributed by atoms with Crippen molar-refractivity contribution in [3.63, 3.8) is 0 Å². The molecule has 1 aliphatic heterocycles. The fraction of sp³-hybridized carbons (Fsp3) is 0.667. The molecular formula is C21H36N6O2+2. The van der Waals surface area contributed by atoms with Gasteiger partial charge >= 0.3 is 0 Å². The van der Waals surface area contributed by atoms with Crippen LogP contribution in [-0.4, -0.2) is 67.2 Å². The Morgan fingerprint density at radius 1 is 1.10 bits per heavy atom. The van der Waals surface area contributed by atoms with Crippen molar-refractivity contribution in [1.82, 2.24) is 20.2 Å². The second-order valence-electron chi connectivity index (χ2n) is 8.39. The van der Waals surface area contributed by atoms with Crippen LogP contribution < -0.4 is 19.3 Å². The normalized spacial score (nSPS) is 21.0. The van der Waals surface area contributed by atoms with Crippen molar-refractivity contribution in [1.29, 1.82) is 0 Å². The molecule has 0 amide bonds. The molecular weight excluding hydrogens is 368 g/mol. The fourth-order valence-corrected chi connectivity index (χ4v) is 4.20. The lowest BCUT2D eigenvalue weighted by atomic mass is 9.98. The first-order valence-electron chi connectivity index (χ1n) is 10.6. The molecule has 0 aliphatic carbocycles. The average molecular weight is 405 g/mol. The van der Waals surface area contributed by atoms with E-state index in [1.54, 1.807) is 19.1 Å². The monoisotopic (exact) mass is 404 g/mol. The summed E-state index contributed by atoms with van der Waals surface area (Å²) in [6.45, 7) is 14.4. The van der Waals surface area contributed by atoms with E-state index in [4.69, 9.17) is 9.47 Å². The van der Waals surface area contributed by atoms with E-state index in [0.29, 0.717) is 0 Å². The van der Waals surface area contributed by atoms with Crippen molar-refractivity contribution in [2.24, 2.45) is 0 Å². The van der Waals surface area contributed by atoms with Crippen molar-refractivity contribution in [3.05, 3.63) is 29.6 Å². The number of nitrogens with zero attached hydrogens (tertiary/aromatic N) is 4. The summed E-state index contributed by atoms with van der Waals surface area (Å²) < 4.78 is 13.4. The number of tetrazole rings is 1. The third-order valence-corrected chi connectivity index (χ3v) is 6.44. The Balaban J connectivity index is 2.12. The van der Waals surface area contributed by atoms with E-state index >= 15 is 0 Å². The summed E-state index contributed by atoms with van der Waals surface area (Å²) in [7, 11) is 3.38. The first-order chi connectivity index (χ1) is 14.0. The van der Waals surface area contributed by atoms with Gasteiger partial charge in [0.2, 0.25) is 5.82 Å². The van der Waals surface area contributed by atoms with Gasteiger partial charge in [0.15, 0.2) is 17.5 Å². The number of ether oxygens (including phenoxy) is 2. The van der Waals surface area contributed by atoms with Crippen LogP contribution in [0.5, 0.6) is 11.5 Å². The molecule has 0 radical (unpaired) electrons. The molecule has 1 aromatic heterocycles. The van der Waals surface area contributed by atoms with Crippen LogP contribution >= 0.6 is 0 Å². The highest BCUT2D eigenvalue weighted by atomic mass is 16.5. The van der Waals surface area contributed by atoms with Crippen molar-refractivity contribution >= 4 is 0 Å². The smallest absolute Gasteiger partial charge is 0.214 e. The molecule has 160 valence electrons. The minimum Gasteiger partial charge on any atom is -0.493 e. The molecule has 0 unspecified atom stereocenters. The zero-order chi connectivity index (χ0) is 21.0. The van der Waals surface area contributed by atoms with E-state index < -0.39 is 0 Å². The molecule has 2 aromatic rings. The van der Waals surface area contributed by atoms with Gasteiger partial charge in [0.1, 0.15) is 26.2 Å². The number of nitrogens with one attached hydrogen (secondary N) is 2. The Kier molecular flexibility index (Phi) is 6.74. The van der Waals surface area contributed by atoms with Crippen LogP contribution in [-0.2, 0) is 5.54 Å². The molecule has 29 heavy (non-hydrogen) atoms. The molecule has 1 aromatic carbocycles. The van der Waals surface area contributed by atoms with E-state index in [2.05, 4.69) is 49.3 Å². The van der Waals surface area contributed by atoms with Crippen molar-refractivity contribution in [2.75, 3.05) is 46.9 Å². The fourth-order valence-electron chi connectivity index (χ4n) is 4.20. The molecule has 1 saturated heterocycles. The Morgan fingerprint density at radius 2 is 1.83 bits per heavy atom. The number of aromatic nitrogens is 4. The Bertz CT molecular complexity index is 798. The van der Waals surface area contributed by atoms with E-state index in [1.165, 1.54) is 11.4 Å². The Hall–Kier alpha value is -2.19. The summed E-state index contributed by atoms with van der Waals surface area (Å²) in [6, 6.07) is 6.07. The molecule has 3 rings (SSSR count). The van der Waals surface area contributed by atoms with Gasteiger partial charge in [-0.2, -0.15) is 0 Å². The highest BCUT2D eigenvalue weighted by Crippen LogP contribution is 2.36. The SMILES string of the molecule is CC[NH+]1CC[NH+]([C@H](c2cccc(OC)c2OC)c2nnnn2C(C)(C)CC)CC1. The largest absolute Gasteiger partial charge is 0.493 e. The van der Waals surface area contributed by atoms with Crippen molar-refractivity contribution in [3.8, 4) is 11.5 Å². The summed E-state index contributed by atoms with van der Waals surface area (Å²) in [5.74, 6) is 2.39. The number of hydrogen-bond acceptors (Lipinski definition) is 5. The maximum absolute atomic E-state index is 5.81. The van der Waals surface area contributed by atoms with Crippen LogP contribution in [0.3, 0.4) is 0 Å². The third-order valence-electron chi connectivity index (χ3n) is 6.44. The summed E-state index contributed by atoms with van der Waals surface area (Å²) in [5.41, 5.74) is 0.906. The van der Waals surface area contributed by atoms with Gasteiger partial charge in [-0.3, -0.25) is 0 Å². The molecule has 2 heterocycles. The zero-order valence-corrected chi connectivity index (χ0v) is 18.7. The quantitative estimate of drug-likeness (QED) is 0.634. The number of methoxy groups -OCH3 is 2. The van der Waals surface area contributed by atoms with Gasteiger partial charge in [-0.15, -0.1) is 5.10 Å². The summed E-state index contributed by atoms with van der Waals surface area (Å²) in [6.07, 6.45) is 0.941. The molecule has 2 N–H and O–H groups in total. The summed E-state index contributed by atoms with van der Waals surface area (Å²) in [5, 5.41) is 13.0. The van der Waals surface area contributed by atoms with Crippen molar-refractivity contribution in [2.45, 2.75) is 45.7 Å². The highest BCUT2D eigenvalue weighted by molar-refractivity contribution is 5.48. The third kappa shape index (κ3) is 4.23. The average Bonchev–Trinajstić information content (AvgIpc) is 3.24. The topological polar surface area (TPSA) is 70.9 Å². The summed E-state index contributed by atoms with van der Waals surface area (Å²) >= 11 is 0. The second kappa shape index (κ2) is 9.09. The van der Waals surface area contributed by atoms with Crippen LogP contribution in [0.15, 0.2) is 18.2 Å². The standard InChI is InChI=1S/C21H34N6O2/c1-7-21(3,4)27-20(22-23-24-27)18(26-14-12-25(8-2)13-15-26)16-10-9-11-17(28-5)19(16)29-6/h9-11,18H,7-8,12-15H2,1-6H3/p+2/t18-/m1/s1. The van der Waals surface area contributed by atoms with Crippen LogP contribution in [0.4, 0.5) is 0 Å². The van der Waals surface area contributed by atoms with Gasteiger partial charge in [0, 0.05) is 0 Å². The Morgan fingerprint density at radius 3 is 2.41 bits per heavy atom. The van der Waals surface area contributed by atoms with E-state index in [9.17, 15) is 0 Å². The lowest BCUT2D eigenvalue weighted by molar-refractivity contribution is -1.02.